The average Bonchev–Trinajstić information content (AvgIpc) is 3.21. The molecule has 1 rings (SSSR count). The van der Waals surface area contributed by atoms with Gasteiger partial charge in [0.15, 0.2) is 6.10 Å². The highest BCUT2D eigenvalue weighted by Gasteiger charge is 2.51. The number of esters is 2. The number of aliphatic hydroxyl groups excluding tert-OH is 5. The van der Waals surface area contributed by atoms with Crippen LogP contribution in [0, 0.1) is 0 Å². The lowest BCUT2D eigenvalue weighted by Gasteiger charge is -2.41. The molecule has 1 aliphatic carbocycles. The van der Waals surface area contributed by atoms with Gasteiger partial charge in [0.1, 0.15) is 43.2 Å². The van der Waals surface area contributed by atoms with Gasteiger partial charge in [0.05, 0.1) is 6.61 Å². The Bertz CT molecular complexity index is 1130. The van der Waals surface area contributed by atoms with Gasteiger partial charge in [0.25, 0.3) is 0 Å². The molecular weight excluding hydrogens is 779 g/mol. The lowest BCUT2D eigenvalue weighted by molar-refractivity contribution is -0.220. The van der Waals surface area contributed by atoms with Gasteiger partial charge in [0.2, 0.25) is 0 Å². The van der Waals surface area contributed by atoms with Crippen LogP contribution < -0.4 is 0 Å². The number of aliphatic hydroxyl groups is 5. The first-order valence-corrected chi connectivity index (χ1v) is 24.6. The van der Waals surface area contributed by atoms with Crippen molar-refractivity contribution in [2.45, 2.75) is 236 Å². The minimum atomic E-state index is -5.12. The number of ether oxygens (including phenoxy) is 2. The largest absolute Gasteiger partial charge is 0.472 e. The number of phosphoric acid groups is 1. The molecule has 6 N–H and O–H groups in total. The van der Waals surface area contributed by atoms with Crippen molar-refractivity contribution in [2.24, 2.45) is 0 Å². The second-order valence-electron chi connectivity index (χ2n) is 16.3. The summed E-state index contributed by atoms with van der Waals surface area (Å²) >= 11 is 0. The summed E-state index contributed by atoms with van der Waals surface area (Å²) in [6, 6.07) is 0. The molecule has 0 saturated heterocycles. The highest BCUT2D eigenvalue weighted by molar-refractivity contribution is 7.47. The second kappa shape index (κ2) is 35.9. The molecule has 0 aromatic rings. The molecular formula is C45H83O13P. The van der Waals surface area contributed by atoms with Gasteiger partial charge in [-0.3, -0.25) is 18.6 Å². The summed E-state index contributed by atoms with van der Waals surface area (Å²) in [6.07, 6.45) is 25.2. The Morgan fingerprint density at radius 2 is 0.864 bits per heavy atom. The lowest BCUT2D eigenvalue weighted by atomic mass is 9.85. The molecule has 6 atom stereocenters. The fourth-order valence-corrected chi connectivity index (χ4v) is 7.95. The van der Waals surface area contributed by atoms with Crippen LogP contribution in [0.4, 0.5) is 0 Å². The zero-order chi connectivity index (χ0) is 43.6. The molecule has 0 aliphatic heterocycles. The molecule has 0 amide bonds. The van der Waals surface area contributed by atoms with Gasteiger partial charge < -0.3 is 39.9 Å². The maximum Gasteiger partial charge on any atom is 0.472 e. The van der Waals surface area contributed by atoms with Gasteiger partial charge in [-0.2, -0.15) is 0 Å². The minimum Gasteiger partial charge on any atom is -0.462 e. The van der Waals surface area contributed by atoms with Gasteiger partial charge in [-0.1, -0.05) is 141 Å². The van der Waals surface area contributed by atoms with Crippen LogP contribution in [0.2, 0.25) is 0 Å². The Morgan fingerprint density at radius 1 is 0.508 bits per heavy atom. The topological polar surface area (TPSA) is 210 Å². The molecule has 0 bridgehead atoms. The molecule has 0 spiro atoms. The average molecular weight is 863 g/mol. The normalized spacial score (nSPS) is 22.5. The molecule has 346 valence electrons. The van der Waals surface area contributed by atoms with Gasteiger partial charge in [-0.05, 0) is 64.2 Å². The van der Waals surface area contributed by atoms with E-state index in [1.165, 1.54) is 77.0 Å². The van der Waals surface area contributed by atoms with Crippen molar-refractivity contribution in [1.29, 1.82) is 0 Å². The molecule has 14 heteroatoms. The van der Waals surface area contributed by atoms with Crippen molar-refractivity contribution in [2.75, 3.05) is 13.2 Å². The van der Waals surface area contributed by atoms with Crippen molar-refractivity contribution in [1.82, 2.24) is 0 Å². The Balaban J connectivity index is 2.47. The third-order valence-electron chi connectivity index (χ3n) is 10.8. The predicted octanol–water partition coefficient (Wildman–Crippen LogP) is 8.84. The molecule has 13 nitrogen and oxygen atoms in total. The third kappa shape index (κ3) is 28.5. The van der Waals surface area contributed by atoms with Crippen molar-refractivity contribution in [3.63, 3.8) is 0 Å². The molecule has 6 unspecified atom stereocenters. The van der Waals surface area contributed by atoms with E-state index in [4.69, 9.17) is 18.5 Å². The van der Waals surface area contributed by atoms with E-state index < -0.39 is 75.7 Å². The number of rotatable bonds is 38. The molecule has 1 aliphatic rings. The number of phosphoric ester groups is 1. The number of allylic oxidation sites excluding steroid dienone is 4. The smallest absolute Gasteiger partial charge is 0.462 e. The Morgan fingerprint density at radius 3 is 1.29 bits per heavy atom. The van der Waals surface area contributed by atoms with Crippen LogP contribution in [-0.2, 0) is 32.7 Å². The van der Waals surface area contributed by atoms with E-state index in [0.717, 1.165) is 77.0 Å². The maximum absolute atomic E-state index is 12.8. The molecule has 0 aromatic carbocycles. The molecule has 59 heavy (non-hydrogen) atoms. The van der Waals surface area contributed by atoms with Crippen molar-refractivity contribution in [3.8, 4) is 0 Å². The quantitative estimate of drug-likeness (QED) is 0.0149. The Kier molecular flexibility index (Phi) is 33.7. The Hall–Kier alpha value is -1.67. The van der Waals surface area contributed by atoms with Crippen LogP contribution in [0.15, 0.2) is 24.3 Å². The third-order valence-corrected chi connectivity index (χ3v) is 11.8. The molecule has 1 saturated carbocycles. The highest BCUT2D eigenvalue weighted by atomic mass is 31.2. The van der Waals surface area contributed by atoms with E-state index in [2.05, 4.69) is 38.2 Å². The standard InChI is InChI=1S/C45H83O13P/c1-3-5-7-9-11-13-15-17-19-20-22-24-26-28-30-32-34-39(47)57-37(36-56-59(53,54)58-45-43(51)41(49)40(48)42(50)44(45)52)35-55-38(46)33-31-29-27-25-23-21-18-16-14-12-10-8-6-4-2/h16,18-20,37,40-45,48-52H,3-15,17,21-36H2,1-2H3,(H,53,54)/b18-16-,20-19-. The van der Waals surface area contributed by atoms with Crippen molar-refractivity contribution in [3.05, 3.63) is 24.3 Å². The number of carbonyl (C=O) groups excluding carboxylic acids is 2. The highest BCUT2D eigenvalue weighted by Crippen LogP contribution is 2.47. The van der Waals surface area contributed by atoms with E-state index in [1.807, 2.05) is 0 Å². The predicted molar refractivity (Wildman–Crippen MR) is 230 cm³/mol. The zero-order valence-electron chi connectivity index (χ0n) is 36.6. The van der Waals surface area contributed by atoms with Gasteiger partial charge >= 0.3 is 19.8 Å². The van der Waals surface area contributed by atoms with E-state index in [0.29, 0.717) is 12.8 Å². The summed E-state index contributed by atoms with van der Waals surface area (Å²) in [7, 11) is -5.12. The van der Waals surface area contributed by atoms with Crippen molar-refractivity contribution < 1.29 is 63.1 Å². The summed E-state index contributed by atoms with van der Waals surface area (Å²) in [5.41, 5.74) is 0. The van der Waals surface area contributed by atoms with Crippen molar-refractivity contribution >= 4 is 19.8 Å². The molecule has 0 heterocycles. The van der Waals surface area contributed by atoms with Crippen LogP contribution in [0.1, 0.15) is 194 Å². The first-order chi connectivity index (χ1) is 28.4. The van der Waals surface area contributed by atoms with Crippen LogP contribution >= 0.6 is 7.82 Å². The van der Waals surface area contributed by atoms with E-state index in [-0.39, 0.29) is 12.8 Å². The van der Waals surface area contributed by atoms with Crippen LogP contribution in [0.3, 0.4) is 0 Å². The van der Waals surface area contributed by atoms with E-state index >= 15 is 0 Å². The maximum atomic E-state index is 12.8. The fraction of sp³-hybridized carbons (Fsp3) is 0.867. The number of hydrogen-bond acceptors (Lipinski definition) is 12. The van der Waals surface area contributed by atoms with Crippen LogP contribution in [-0.4, -0.2) is 98.3 Å². The molecule has 0 aromatic heterocycles. The van der Waals surface area contributed by atoms with E-state index in [9.17, 15) is 44.6 Å². The van der Waals surface area contributed by atoms with Crippen LogP contribution in [0.25, 0.3) is 0 Å². The Labute approximate surface area is 356 Å². The fourth-order valence-electron chi connectivity index (χ4n) is 6.98. The monoisotopic (exact) mass is 863 g/mol. The SMILES string of the molecule is CCCCCCC/C=C\CCCCCCCC(=O)OCC(COP(=O)(O)OC1C(O)C(O)C(O)C(O)C1O)OC(=O)CCCCCCC/C=C\CCCCCCCCC. The lowest BCUT2D eigenvalue weighted by Crippen LogP contribution is -2.64. The van der Waals surface area contributed by atoms with Gasteiger partial charge in [-0.25, -0.2) is 4.57 Å². The second-order valence-corrected chi connectivity index (χ2v) is 17.7. The van der Waals surface area contributed by atoms with E-state index in [1.54, 1.807) is 0 Å². The summed E-state index contributed by atoms with van der Waals surface area (Å²) in [5, 5.41) is 50.1. The summed E-state index contributed by atoms with van der Waals surface area (Å²) in [4.78, 5) is 35.7. The summed E-state index contributed by atoms with van der Waals surface area (Å²) in [5.74, 6) is -1.12. The summed E-state index contributed by atoms with van der Waals surface area (Å²) in [6.45, 7) is 3.27. The first-order valence-electron chi connectivity index (χ1n) is 23.1. The van der Waals surface area contributed by atoms with Crippen LogP contribution in [0.5, 0.6) is 0 Å². The molecule has 1 fully saturated rings. The number of hydrogen-bond donors (Lipinski definition) is 6. The van der Waals surface area contributed by atoms with Gasteiger partial charge in [0, 0.05) is 12.8 Å². The zero-order valence-corrected chi connectivity index (χ0v) is 37.4. The summed E-state index contributed by atoms with van der Waals surface area (Å²) < 4.78 is 33.5. The first kappa shape index (κ1) is 55.3. The van der Waals surface area contributed by atoms with Gasteiger partial charge in [-0.15, -0.1) is 0 Å². The minimum absolute atomic E-state index is 0.0868. The molecule has 0 radical (unpaired) electrons. The number of unbranched alkanes of at least 4 members (excludes halogenated alkanes) is 22. The number of carbonyl (C=O) groups is 2.